The van der Waals surface area contributed by atoms with E-state index in [0.717, 1.165) is 42.1 Å². The molecule has 1 fully saturated rings. The first-order valence-corrected chi connectivity index (χ1v) is 6.72. The van der Waals surface area contributed by atoms with Crippen LogP contribution >= 0.6 is 0 Å². The predicted octanol–water partition coefficient (Wildman–Crippen LogP) is 1.38. The van der Waals surface area contributed by atoms with Crippen molar-refractivity contribution in [3.05, 3.63) is 17.7 Å². The summed E-state index contributed by atoms with van der Waals surface area (Å²) in [4.78, 5) is 13.7. The number of carbonyl (C=O) groups is 1. The van der Waals surface area contributed by atoms with Gasteiger partial charge in [0.25, 0.3) is 0 Å². The number of hydrogen-bond donors (Lipinski definition) is 2. The third kappa shape index (κ3) is 2.38. The minimum atomic E-state index is 0.0820. The Kier molecular flexibility index (Phi) is 3.06. The van der Waals surface area contributed by atoms with E-state index in [1.807, 2.05) is 12.1 Å². The normalized spacial score (nSPS) is 22.9. The van der Waals surface area contributed by atoms with Crippen molar-refractivity contribution in [1.29, 1.82) is 0 Å². The van der Waals surface area contributed by atoms with E-state index in [4.69, 9.17) is 10.5 Å². The smallest absolute Gasteiger partial charge is 0.224 e. The predicted molar refractivity (Wildman–Crippen MR) is 75.4 cm³/mol. The summed E-state index contributed by atoms with van der Waals surface area (Å²) >= 11 is 0. The van der Waals surface area contributed by atoms with Crippen molar-refractivity contribution < 1.29 is 9.53 Å². The zero-order chi connectivity index (χ0) is 13.4. The van der Waals surface area contributed by atoms with Gasteiger partial charge in [0, 0.05) is 25.2 Å². The summed E-state index contributed by atoms with van der Waals surface area (Å²) in [6, 6.07) is 3.99. The summed E-state index contributed by atoms with van der Waals surface area (Å²) in [5.74, 6) is 0.0820. The highest BCUT2D eigenvalue weighted by Crippen LogP contribution is 2.34. The first kappa shape index (κ1) is 12.3. The number of morpholine rings is 1. The average Bonchev–Trinajstić information content (AvgIpc) is 2.38. The number of nitrogens with one attached hydrogen (secondary N) is 1. The number of hydrogen-bond acceptors (Lipinski definition) is 4. The number of rotatable bonds is 1. The molecule has 5 heteroatoms. The molecule has 0 radical (unpaired) electrons. The lowest BCUT2D eigenvalue weighted by Gasteiger charge is -2.34. The van der Waals surface area contributed by atoms with Crippen molar-refractivity contribution in [1.82, 2.24) is 0 Å². The highest BCUT2D eigenvalue weighted by Gasteiger charge is 2.22. The maximum Gasteiger partial charge on any atom is 0.224 e. The highest BCUT2D eigenvalue weighted by molar-refractivity contribution is 5.95. The molecule has 102 valence electrons. The molecule has 1 aromatic rings. The Morgan fingerprint density at radius 1 is 1.42 bits per heavy atom. The maximum atomic E-state index is 11.5. The van der Waals surface area contributed by atoms with Crippen LogP contribution in [0.3, 0.4) is 0 Å². The van der Waals surface area contributed by atoms with Gasteiger partial charge in [0.1, 0.15) is 0 Å². The van der Waals surface area contributed by atoms with Crippen LogP contribution in [0, 0.1) is 0 Å². The van der Waals surface area contributed by atoms with E-state index in [0.29, 0.717) is 13.0 Å². The van der Waals surface area contributed by atoms with Crippen molar-refractivity contribution in [2.45, 2.75) is 25.9 Å². The summed E-state index contributed by atoms with van der Waals surface area (Å²) in [7, 11) is 0. The lowest BCUT2D eigenvalue weighted by atomic mass is 10.0. The third-order valence-electron chi connectivity index (χ3n) is 3.73. The Morgan fingerprint density at radius 3 is 3.05 bits per heavy atom. The first-order valence-electron chi connectivity index (χ1n) is 6.72. The molecule has 0 saturated carbocycles. The Labute approximate surface area is 112 Å². The lowest BCUT2D eigenvalue weighted by molar-refractivity contribution is -0.116. The first-order chi connectivity index (χ1) is 9.13. The fourth-order valence-corrected chi connectivity index (χ4v) is 2.75. The van der Waals surface area contributed by atoms with Gasteiger partial charge in [0.2, 0.25) is 5.91 Å². The number of amides is 1. The molecular formula is C14H19N3O2. The summed E-state index contributed by atoms with van der Waals surface area (Å²) < 4.78 is 5.55. The zero-order valence-corrected chi connectivity index (χ0v) is 11.1. The molecule has 1 atom stereocenters. The highest BCUT2D eigenvalue weighted by atomic mass is 16.5. The molecule has 1 aromatic carbocycles. The van der Waals surface area contributed by atoms with E-state index in [9.17, 15) is 4.79 Å². The number of nitrogens with two attached hydrogens (primary N) is 1. The monoisotopic (exact) mass is 261 g/mol. The molecule has 2 heterocycles. The van der Waals surface area contributed by atoms with Gasteiger partial charge in [-0.3, -0.25) is 4.79 Å². The van der Waals surface area contributed by atoms with E-state index >= 15 is 0 Å². The number of fused-ring (bicyclic) bond motifs is 1. The van der Waals surface area contributed by atoms with E-state index in [2.05, 4.69) is 17.1 Å². The number of ether oxygens (including phenoxy) is 1. The Bertz CT molecular complexity index is 516. The summed E-state index contributed by atoms with van der Waals surface area (Å²) in [5, 5.41) is 2.93. The number of carbonyl (C=O) groups excluding carboxylic acids is 1. The van der Waals surface area contributed by atoms with Gasteiger partial charge in [-0.1, -0.05) is 0 Å². The molecule has 3 rings (SSSR count). The van der Waals surface area contributed by atoms with E-state index in [-0.39, 0.29) is 12.0 Å². The maximum absolute atomic E-state index is 11.5. The topological polar surface area (TPSA) is 67.6 Å². The van der Waals surface area contributed by atoms with Crippen LogP contribution in [-0.2, 0) is 16.0 Å². The largest absolute Gasteiger partial charge is 0.397 e. The number of nitrogen functional groups attached to an aromatic ring is 1. The minimum absolute atomic E-state index is 0.0820. The molecule has 5 nitrogen and oxygen atoms in total. The molecule has 19 heavy (non-hydrogen) atoms. The fourth-order valence-electron chi connectivity index (χ4n) is 2.75. The molecule has 1 amide bonds. The van der Waals surface area contributed by atoms with E-state index in [1.165, 1.54) is 0 Å². The molecule has 0 spiro atoms. The van der Waals surface area contributed by atoms with Crippen LogP contribution in [0.4, 0.5) is 17.1 Å². The second kappa shape index (κ2) is 4.74. The molecule has 1 saturated heterocycles. The summed E-state index contributed by atoms with van der Waals surface area (Å²) in [5.41, 5.74) is 9.97. The number of aryl methyl sites for hydroxylation is 1. The average molecular weight is 261 g/mol. The summed E-state index contributed by atoms with van der Waals surface area (Å²) in [6.07, 6.45) is 1.52. The zero-order valence-electron chi connectivity index (χ0n) is 11.1. The molecule has 2 aliphatic heterocycles. The van der Waals surface area contributed by atoms with Crippen LogP contribution in [0.25, 0.3) is 0 Å². The Hall–Kier alpha value is -1.75. The van der Waals surface area contributed by atoms with Gasteiger partial charge >= 0.3 is 0 Å². The van der Waals surface area contributed by atoms with Gasteiger partial charge in [0.05, 0.1) is 24.1 Å². The Balaban J connectivity index is 1.93. The lowest BCUT2D eigenvalue weighted by Crippen LogP contribution is -2.41. The van der Waals surface area contributed by atoms with Gasteiger partial charge in [-0.05, 0) is 31.0 Å². The molecule has 0 bridgehead atoms. The molecular weight excluding hydrogens is 242 g/mol. The Morgan fingerprint density at radius 2 is 2.26 bits per heavy atom. The van der Waals surface area contributed by atoms with Gasteiger partial charge in [-0.25, -0.2) is 0 Å². The van der Waals surface area contributed by atoms with Gasteiger partial charge in [-0.2, -0.15) is 0 Å². The van der Waals surface area contributed by atoms with Crippen LogP contribution < -0.4 is 16.0 Å². The van der Waals surface area contributed by atoms with Gasteiger partial charge < -0.3 is 20.7 Å². The van der Waals surface area contributed by atoms with Crippen molar-refractivity contribution in [3.63, 3.8) is 0 Å². The molecule has 2 aliphatic rings. The SMILES string of the molecule is CC1CN(c2cc3c(cc2N)CCC(=O)N3)CCO1. The number of nitrogens with zero attached hydrogens (tertiary/aromatic N) is 1. The van der Waals surface area contributed by atoms with Gasteiger partial charge in [0.15, 0.2) is 0 Å². The quantitative estimate of drug-likeness (QED) is 0.749. The van der Waals surface area contributed by atoms with Crippen LogP contribution in [0.5, 0.6) is 0 Å². The van der Waals surface area contributed by atoms with Crippen molar-refractivity contribution in [3.8, 4) is 0 Å². The number of benzene rings is 1. The van der Waals surface area contributed by atoms with E-state index < -0.39 is 0 Å². The molecule has 0 aromatic heterocycles. The van der Waals surface area contributed by atoms with Crippen LogP contribution in [-0.4, -0.2) is 31.7 Å². The molecule has 0 aliphatic carbocycles. The van der Waals surface area contributed by atoms with Gasteiger partial charge in [-0.15, -0.1) is 0 Å². The van der Waals surface area contributed by atoms with Crippen LogP contribution in [0.15, 0.2) is 12.1 Å². The summed E-state index contributed by atoms with van der Waals surface area (Å²) in [6.45, 7) is 4.44. The number of anilines is 3. The second-order valence-electron chi connectivity index (χ2n) is 5.24. The minimum Gasteiger partial charge on any atom is -0.397 e. The van der Waals surface area contributed by atoms with Crippen molar-refractivity contribution >= 4 is 23.0 Å². The standard InChI is InChI=1S/C14H19N3O2/c1-9-8-17(4-5-19-9)13-7-12-10(6-11(13)15)2-3-14(18)16-12/h6-7,9H,2-5,8,15H2,1H3,(H,16,18). The molecule has 1 unspecified atom stereocenters. The van der Waals surface area contributed by atoms with Crippen LogP contribution in [0.1, 0.15) is 18.9 Å². The third-order valence-corrected chi connectivity index (χ3v) is 3.73. The second-order valence-corrected chi connectivity index (χ2v) is 5.24. The fraction of sp³-hybridized carbons (Fsp3) is 0.500. The van der Waals surface area contributed by atoms with E-state index in [1.54, 1.807) is 0 Å². The van der Waals surface area contributed by atoms with Crippen LogP contribution in [0.2, 0.25) is 0 Å². The van der Waals surface area contributed by atoms with Crippen molar-refractivity contribution in [2.75, 3.05) is 35.6 Å². The molecule has 3 N–H and O–H groups in total. The van der Waals surface area contributed by atoms with Crippen molar-refractivity contribution in [2.24, 2.45) is 0 Å².